The van der Waals surface area contributed by atoms with Gasteiger partial charge >= 0.3 is 0 Å². The van der Waals surface area contributed by atoms with E-state index in [2.05, 4.69) is 10.2 Å². The normalized spacial score (nSPS) is 10.4. The van der Waals surface area contributed by atoms with Crippen molar-refractivity contribution in [2.75, 3.05) is 11.9 Å². The lowest BCUT2D eigenvalue weighted by Gasteiger charge is -2.17. The van der Waals surface area contributed by atoms with Gasteiger partial charge in [-0.1, -0.05) is 23.7 Å². The molecule has 0 aliphatic rings. The molecule has 94 valence electrons. The predicted molar refractivity (Wildman–Crippen MR) is 75.1 cm³/mol. The molecular weight excluding hydrogens is 269 g/mol. The molecule has 0 bridgehead atoms. The van der Waals surface area contributed by atoms with E-state index in [9.17, 15) is 0 Å². The summed E-state index contributed by atoms with van der Waals surface area (Å²) in [6.07, 6.45) is 0. The molecule has 0 saturated heterocycles. The second-order valence-corrected chi connectivity index (χ2v) is 4.70. The molecule has 1 heterocycles. The van der Waals surface area contributed by atoms with E-state index in [0.717, 1.165) is 23.1 Å². The Kier molecular flexibility index (Phi) is 4.39. The van der Waals surface area contributed by atoms with Crippen molar-refractivity contribution in [3.05, 3.63) is 52.7 Å². The van der Waals surface area contributed by atoms with Gasteiger partial charge in [0.05, 0.1) is 11.6 Å². The van der Waals surface area contributed by atoms with E-state index in [1.54, 1.807) is 0 Å². The van der Waals surface area contributed by atoms with Crippen LogP contribution < -0.4 is 4.90 Å². The van der Waals surface area contributed by atoms with E-state index >= 15 is 0 Å². The zero-order valence-electron chi connectivity index (χ0n) is 9.98. The lowest BCUT2D eigenvalue weighted by Crippen LogP contribution is -2.18. The van der Waals surface area contributed by atoms with Crippen LogP contribution in [0.25, 0.3) is 0 Å². The van der Waals surface area contributed by atoms with Crippen LogP contribution in [0.2, 0.25) is 5.02 Å². The van der Waals surface area contributed by atoms with Crippen molar-refractivity contribution in [3.8, 4) is 0 Å². The minimum Gasteiger partial charge on any atom is -0.354 e. The highest BCUT2D eigenvalue weighted by atomic mass is 35.5. The van der Waals surface area contributed by atoms with Gasteiger partial charge in [0.15, 0.2) is 5.82 Å². The summed E-state index contributed by atoms with van der Waals surface area (Å²) in [4.78, 5) is 2.02. The molecule has 0 radical (unpaired) electrons. The van der Waals surface area contributed by atoms with Gasteiger partial charge < -0.3 is 4.90 Å². The Labute approximate surface area is 116 Å². The summed E-state index contributed by atoms with van der Waals surface area (Å²) in [6, 6.07) is 11.6. The highest BCUT2D eigenvalue weighted by molar-refractivity contribution is 6.30. The summed E-state index contributed by atoms with van der Waals surface area (Å²) < 4.78 is 0. The predicted octanol–water partition coefficient (Wildman–Crippen LogP) is 3.51. The molecule has 0 N–H and O–H groups in total. The molecule has 0 unspecified atom stereocenters. The number of nitrogens with zero attached hydrogens (tertiary/aromatic N) is 3. The maximum absolute atomic E-state index is 5.85. The van der Waals surface area contributed by atoms with Gasteiger partial charge in [0, 0.05) is 18.6 Å². The van der Waals surface area contributed by atoms with Gasteiger partial charge in [-0.05, 0) is 29.8 Å². The molecule has 3 nitrogen and oxygen atoms in total. The zero-order chi connectivity index (χ0) is 13.0. The average Bonchev–Trinajstić information content (AvgIpc) is 2.41. The summed E-state index contributed by atoms with van der Waals surface area (Å²) in [7, 11) is 1.97. The molecule has 5 heteroatoms. The lowest BCUT2D eigenvalue weighted by atomic mass is 10.2. The molecule has 0 amide bonds. The Morgan fingerprint density at radius 3 is 2.33 bits per heavy atom. The minimum absolute atomic E-state index is 0.383. The number of anilines is 1. The van der Waals surface area contributed by atoms with Crippen molar-refractivity contribution in [3.63, 3.8) is 0 Å². The van der Waals surface area contributed by atoms with E-state index in [-0.39, 0.29) is 0 Å². The van der Waals surface area contributed by atoms with E-state index in [0.29, 0.717) is 5.88 Å². The molecule has 1 aromatic carbocycles. The summed E-state index contributed by atoms with van der Waals surface area (Å²) in [6.45, 7) is 0.756. The molecule has 0 aliphatic heterocycles. The van der Waals surface area contributed by atoms with Crippen LogP contribution in [0, 0.1) is 0 Å². The third-order valence-electron chi connectivity index (χ3n) is 2.57. The Bertz CT molecular complexity index is 497. The molecular formula is C13H13Cl2N3. The number of aromatic nitrogens is 2. The van der Waals surface area contributed by atoms with Crippen molar-refractivity contribution >= 4 is 29.0 Å². The first-order valence-electron chi connectivity index (χ1n) is 5.53. The van der Waals surface area contributed by atoms with Crippen molar-refractivity contribution < 1.29 is 0 Å². The van der Waals surface area contributed by atoms with Crippen LogP contribution in [0.1, 0.15) is 11.3 Å². The fraction of sp³-hybridized carbons (Fsp3) is 0.231. The van der Waals surface area contributed by atoms with E-state index in [4.69, 9.17) is 23.2 Å². The monoisotopic (exact) mass is 281 g/mol. The number of rotatable bonds is 4. The van der Waals surface area contributed by atoms with Gasteiger partial charge in [0.2, 0.25) is 0 Å². The molecule has 0 saturated carbocycles. The highest BCUT2D eigenvalue weighted by Gasteiger charge is 2.04. The molecule has 2 aromatic rings. The standard InChI is InChI=1S/C13H13Cl2N3/c1-18(9-10-2-4-11(15)5-3-10)13-7-6-12(8-14)16-17-13/h2-7H,8-9H2,1H3. The Morgan fingerprint density at radius 1 is 1.06 bits per heavy atom. The van der Waals surface area contributed by atoms with Crippen LogP contribution in [-0.4, -0.2) is 17.2 Å². The quantitative estimate of drug-likeness (QED) is 0.804. The van der Waals surface area contributed by atoms with Crippen molar-refractivity contribution in [1.82, 2.24) is 10.2 Å². The first-order valence-corrected chi connectivity index (χ1v) is 6.44. The van der Waals surface area contributed by atoms with Gasteiger partial charge in [-0.15, -0.1) is 16.7 Å². The van der Waals surface area contributed by atoms with Crippen LogP contribution in [0.5, 0.6) is 0 Å². The molecule has 1 aromatic heterocycles. The molecule has 0 spiro atoms. The van der Waals surface area contributed by atoms with Crippen molar-refractivity contribution in [1.29, 1.82) is 0 Å². The van der Waals surface area contributed by atoms with E-state index in [1.165, 1.54) is 5.56 Å². The van der Waals surface area contributed by atoms with Crippen LogP contribution in [0.4, 0.5) is 5.82 Å². The van der Waals surface area contributed by atoms with Crippen molar-refractivity contribution in [2.24, 2.45) is 0 Å². The topological polar surface area (TPSA) is 29.0 Å². The summed E-state index contributed by atoms with van der Waals surface area (Å²) in [5.41, 5.74) is 1.95. The van der Waals surface area contributed by atoms with E-state index < -0.39 is 0 Å². The van der Waals surface area contributed by atoms with Gasteiger partial charge in [-0.2, -0.15) is 5.10 Å². The van der Waals surface area contributed by atoms with Gasteiger partial charge in [0.1, 0.15) is 0 Å². The Morgan fingerprint density at radius 2 is 1.78 bits per heavy atom. The molecule has 0 fully saturated rings. The summed E-state index contributed by atoms with van der Waals surface area (Å²) >= 11 is 11.5. The Hall–Kier alpha value is -1.32. The number of hydrogen-bond acceptors (Lipinski definition) is 3. The van der Waals surface area contributed by atoms with Crippen LogP contribution in [-0.2, 0) is 12.4 Å². The fourth-order valence-electron chi connectivity index (χ4n) is 1.57. The second-order valence-electron chi connectivity index (χ2n) is 4.00. The third-order valence-corrected chi connectivity index (χ3v) is 3.09. The minimum atomic E-state index is 0.383. The Balaban J connectivity index is 2.06. The molecule has 0 atom stereocenters. The van der Waals surface area contributed by atoms with E-state index in [1.807, 2.05) is 48.3 Å². The van der Waals surface area contributed by atoms with Gasteiger partial charge in [0.25, 0.3) is 0 Å². The van der Waals surface area contributed by atoms with Crippen LogP contribution >= 0.6 is 23.2 Å². The maximum Gasteiger partial charge on any atom is 0.151 e. The first kappa shape index (κ1) is 13.1. The van der Waals surface area contributed by atoms with Crippen LogP contribution in [0.3, 0.4) is 0 Å². The van der Waals surface area contributed by atoms with Gasteiger partial charge in [-0.3, -0.25) is 0 Å². The number of alkyl halides is 1. The molecule has 2 rings (SSSR count). The third kappa shape index (κ3) is 3.34. The van der Waals surface area contributed by atoms with Gasteiger partial charge in [-0.25, -0.2) is 0 Å². The number of benzene rings is 1. The lowest BCUT2D eigenvalue weighted by molar-refractivity contribution is 0.854. The fourth-order valence-corrected chi connectivity index (χ4v) is 1.84. The average molecular weight is 282 g/mol. The largest absolute Gasteiger partial charge is 0.354 e. The zero-order valence-corrected chi connectivity index (χ0v) is 11.5. The second kappa shape index (κ2) is 6.03. The number of hydrogen-bond donors (Lipinski definition) is 0. The smallest absolute Gasteiger partial charge is 0.151 e. The molecule has 0 aliphatic carbocycles. The first-order chi connectivity index (χ1) is 8.69. The molecule has 18 heavy (non-hydrogen) atoms. The summed E-state index contributed by atoms with van der Waals surface area (Å²) in [5, 5.41) is 8.90. The highest BCUT2D eigenvalue weighted by Crippen LogP contribution is 2.14. The maximum atomic E-state index is 5.85. The van der Waals surface area contributed by atoms with Crippen molar-refractivity contribution in [2.45, 2.75) is 12.4 Å². The van der Waals surface area contributed by atoms with Crippen LogP contribution in [0.15, 0.2) is 36.4 Å². The summed E-state index contributed by atoms with van der Waals surface area (Å²) in [5.74, 6) is 1.20. The number of halogens is 2. The SMILES string of the molecule is CN(Cc1ccc(Cl)cc1)c1ccc(CCl)nn1.